The largest absolute Gasteiger partial charge is 0.271 e. The van der Waals surface area contributed by atoms with Crippen molar-refractivity contribution in [3.8, 4) is 17.2 Å². The molecule has 20 heavy (non-hydrogen) atoms. The number of benzene rings is 1. The fourth-order valence-electron chi connectivity index (χ4n) is 2.04. The van der Waals surface area contributed by atoms with Crippen LogP contribution in [-0.4, -0.2) is 9.78 Å². The second-order valence-corrected chi connectivity index (χ2v) is 5.84. The molecule has 0 spiro atoms. The van der Waals surface area contributed by atoms with E-state index in [1.165, 1.54) is 0 Å². The summed E-state index contributed by atoms with van der Waals surface area (Å²) >= 11 is 6.28. The van der Waals surface area contributed by atoms with E-state index in [0.29, 0.717) is 16.6 Å². The van der Waals surface area contributed by atoms with Crippen molar-refractivity contribution in [2.45, 2.75) is 33.7 Å². The Hall–Kier alpha value is -1.79. The Morgan fingerprint density at radius 3 is 2.70 bits per heavy atom. The zero-order chi connectivity index (χ0) is 14.7. The van der Waals surface area contributed by atoms with Gasteiger partial charge >= 0.3 is 0 Å². The molecular weight excluding hydrogens is 270 g/mol. The van der Waals surface area contributed by atoms with Crippen LogP contribution < -0.4 is 0 Å². The van der Waals surface area contributed by atoms with Crippen LogP contribution in [-0.2, 0) is 6.54 Å². The molecule has 0 fully saturated rings. The maximum atomic E-state index is 9.25. The molecule has 0 amide bonds. The standard InChI is InChI=1S/C16H18ClN3/c1-11(2)6-7-20-10-14(16(9-18)19-20)13-5-4-12(3)8-15(13)17/h4-5,8,10-11H,6-7H2,1-3H3. The van der Waals surface area contributed by atoms with Crippen LogP contribution >= 0.6 is 11.6 Å². The highest BCUT2D eigenvalue weighted by Gasteiger charge is 2.13. The van der Waals surface area contributed by atoms with Crippen molar-refractivity contribution >= 4 is 11.6 Å². The van der Waals surface area contributed by atoms with E-state index in [2.05, 4.69) is 25.0 Å². The first kappa shape index (κ1) is 14.6. The fourth-order valence-corrected chi connectivity index (χ4v) is 2.38. The van der Waals surface area contributed by atoms with Gasteiger partial charge in [-0.25, -0.2) is 0 Å². The number of nitrogens with zero attached hydrogens (tertiary/aromatic N) is 3. The molecule has 0 atom stereocenters. The molecule has 2 aromatic rings. The average molecular weight is 288 g/mol. The summed E-state index contributed by atoms with van der Waals surface area (Å²) in [5.41, 5.74) is 3.20. The predicted octanol–water partition coefficient (Wildman–Crippen LogP) is 4.43. The maximum absolute atomic E-state index is 9.25. The van der Waals surface area contributed by atoms with Gasteiger partial charge in [-0.15, -0.1) is 0 Å². The van der Waals surface area contributed by atoms with Gasteiger partial charge in [-0.05, 0) is 30.9 Å². The van der Waals surface area contributed by atoms with Crippen LogP contribution in [0.5, 0.6) is 0 Å². The topological polar surface area (TPSA) is 41.6 Å². The summed E-state index contributed by atoms with van der Waals surface area (Å²) in [4.78, 5) is 0. The molecule has 104 valence electrons. The van der Waals surface area contributed by atoms with Crippen LogP contribution in [0.4, 0.5) is 0 Å². The van der Waals surface area contributed by atoms with Crippen LogP contribution in [0.1, 0.15) is 31.5 Å². The first-order valence-corrected chi connectivity index (χ1v) is 7.13. The molecule has 0 radical (unpaired) electrons. The van der Waals surface area contributed by atoms with Gasteiger partial charge < -0.3 is 0 Å². The minimum atomic E-state index is 0.430. The van der Waals surface area contributed by atoms with Gasteiger partial charge in [-0.2, -0.15) is 10.4 Å². The van der Waals surface area contributed by atoms with Gasteiger partial charge in [0.1, 0.15) is 6.07 Å². The number of aromatic nitrogens is 2. The van der Waals surface area contributed by atoms with E-state index in [4.69, 9.17) is 11.6 Å². The maximum Gasteiger partial charge on any atom is 0.170 e. The van der Waals surface area contributed by atoms with Gasteiger partial charge in [0, 0.05) is 28.9 Å². The van der Waals surface area contributed by atoms with Crippen molar-refractivity contribution in [2.24, 2.45) is 5.92 Å². The molecule has 1 aromatic carbocycles. The van der Waals surface area contributed by atoms with E-state index in [9.17, 15) is 5.26 Å². The molecule has 0 saturated heterocycles. The number of rotatable bonds is 4. The Morgan fingerprint density at radius 1 is 1.35 bits per heavy atom. The van der Waals surface area contributed by atoms with Crippen LogP contribution in [0.15, 0.2) is 24.4 Å². The third-order valence-corrected chi connectivity index (χ3v) is 3.53. The summed E-state index contributed by atoms with van der Waals surface area (Å²) in [5.74, 6) is 0.608. The quantitative estimate of drug-likeness (QED) is 0.835. The highest BCUT2D eigenvalue weighted by molar-refractivity contribution is 6.33. The van der Waals surface area contributed by atoms with Crippen molar-refractivity contribution in [3.05, 3.63) is 40.7 Å². The summed E-state index contributed by atoms with van der Waals surface area (Å²) in [6, 6.07) is 8.00. The fraction of sp³-hybridized carbons (Fsp3) is 0.375. The van der Waals surface area contributed by atoms with Crippen LogP contribution in [0.3, 0.4) is 0 Å². The lowest BCUT2D eigenvalue weighted by Gasteiger charge is -2.04. The van der Waals surface area contributed by atoms with Gasteiger partial charge in [-0.3, -0.25) is 4.68 Å². The van der Waals surface area contributed by atoms with Gasteiger partial charge in [-0.1, -0.05) is 37.6 Å². The SMILES string of the molecule is Cc1ccc(-c2cn(CCC(C)C)nc2C#N)c(Cl)c1. The second-order valence-electron chi connectivity index (χ2n) is 5.43. The number of nitriles is 1. The van der Waals surface area contributed by atoms with E-state index >= 15 is 0 Å². The molecule has 0 bridgehead atoms. The molecule has 0 N–H and O–H groups in total. The van der Waals surface area contributed by atoms with Crippen molar-refractivity contribution < 1.29 is 0 Å². The van der Waals surface area contributed by atoms with E-state index in [-0.39, 0.29) is 0 Å². The Labute approximate surface area is 124 Å². The van der Waals surface area contributed by atoms with Gasteiger partial charge in [0.05, 0.1) is 0 Å². The molecule has 0 aliphatic heterocycles. The Kier molecular flexibility index (Phi) is 4.46. The van der Waals surface area contributed by atoms with Crippen molar-refractivity contribution in [1.29, 1.82) is 5.26 Å². The van der Waals surface area contributed by atoms with Crippen molar-refractivity contribution in [3.63, 3.8) is 0 Å². The summed E-state index contributed by atoms with van der Waals surface area (Å²) in [6.07, 6.45) is 2.95. The highest BCUT2D eigenvalue weighted by atomic mass is 35.5. The predicted molar refractivity (Wildman–Crippen MR) is 81.6 cm³/mol. The van der Waals surface area contributed by atoms with E-state index < -0.39 is 0 Å². The number of aryl methyl sites for hydroxylation is 2. The molecule has 3 nitrogen and oxygen atoms in total. The third-order valence-electron chi connectivity index (χ3n) is 3.22. The molecule has 1 heterocycles. The lowest BCUT2D eigenvalue weighted by atomic mass is 10.1. The molecule has 2 rings (SSSR count). The molecule has 0 saturated carbocycles. The summed E-state index contributed by atoms with van der Waals surface area (Å²) in [7, 11) is 0. The molecule has 0 unspecified atom stereocenters. The van der Waals surface area contributed by atoms with E-state index in [0.717, 1.165) is 29.7 Å². The summed E-state index contributed by atoms with van der Waals surface area (Å²) < 4.78 is 1.84. The second kappa shape index (κ2) is 6.11. The Bertz CT molecular complexity index is 650. The minimum absolute atomic E-state index is 0.430. The monoisotopic (exact) mass is 287 g/mol. The van der Waals surface area contributed by atoms with Crippen LogP contribution in [0.25, 0.3) is 11.1 Å². The zero-order valence-corrected chi connectivity index (χ0v) is 12.8. The third kappa shape index (κ3) is 3.20. The van der Waals surface area contributed by atoms with Gasteiger partial charge in [0.15, 0.2) is 5.69 Å². The number of halogens is 1. The highest BCUT2D eigenvalue weighted by Crippen LogP contribution is 2.30. The molecule has 1 aromatic heterocycles. The average Bonchev–Trinajstić information content (AvgIpc) is 2.79. The van der Waals surface area contributed by atoms with Gasteiger partial charge in [0.2, 0.25) is 0 Å². The lowest BCUT2D eigenvalue weighted by molar-refractivity contribution is 0.486. The number of hydrogen-bond donors (Lipinski definition) is 0. The normalized spacial score (nSPS) is 10.8. The zero-order valence-electron chi connectivity index (χ0n) is 12.0. The smallest absolute Gasteiger partial charge is 0.170 e. The molecular formula is C16H18ClN3. The Balaban J connectivity index is 2.38. The number of hydrogen-bond acceptors (Lipinski definition) is 2. The van der Waals surface area contributed by atoms with E-state index in [1.54, 1.807) is 0 Å². The minimum Gasteiger partial charge on any atom is -0.271 e. The summed E-state index contributed by atoms with van der Waals surface area (Å²) in [5, 5.41) is 14.2. The first-order chi connectivity index (χ1) is 9.51. The van der Waals surface area contributed by atoms with Crippen molar-refractivity contribution in [1.82, 2.24) is 9.78 Å². The first-order valence-electron chi connectivity index (χ1n) is 6.75. The molecule has 0 aliphatic rings. The van der Waals surface area contributed by atoms with Crippen LogP contribution in [0.2, 0.25) is 5.02 Å². The molecule has 0 aliphatic carbocycles. The van der Waals surface area contributed by atoms with Gasteiger partial charge in [0.25, 0.3) is 0 Å². The lowest BCUT2D eigenvalue weighted by Crippen LogP contribution is -2.02. The van der Waals surface area contributed by atoms with Crippen molar-refractivity contribution in [2.75, 3.05) is 0 Å². The van der Waals surface area contributed by atoms with Crippen LogP contribution in [0, 0.1) is 24.2 Å². The summed E-state index contributed by atoms with van der Waals surface area (Å²) in [6.45, 7) is 7.15. The Morgan fingerprint density at radius 2 is 2.10 bits per heavy atom. The van der Waals surface area contributed by atoms with E-state index in [1.807, 2.05) is 36.0 Å². The molecule has 4 heteroatoms.